The lowest BCUT2D eigenvalue weighted by molar-refractivity contribution is -0.135. The van der Waals surface area contributed by atoms with Crippen molar-refractivity contribution in [3.63, 3.8) is 0 Å². The zero-order valence-corrected chi connectivity index (χ0v) is 19.0. The highest BCUT2D eigenvalue weighted by Gasteiger charge is 2.32. The predicted octanol–water partition coefficient (Wildman–Crippen LogP) is 5.28. The molecule has 0 saturated heterocycles. The lowest BCUT2D eigenvalue weighted by Crippen LogP contribution is -2.40. The summed E-state index contributed by atoms with van der Waals surface area (Å²) in [5, 5.41) is 5.59. The molecule has 31 heavy (non-hydrogen) atoms. The minimum absolute atomic E-state index is 0.0104. The maximum absolute atomic E-state index is 13.2. The topological polar surface area (TPSA) is 49.4 Å². The number of hydrogen-bond acceptors (Lipinski definition) is 3. The van der Waals surface area contributed by atoms with Crippen molar-refractivity contribution >= 4 is 34.8 Å². The van der Waals surface area contributed by atoms with Crippen LogP contribution in [0.25, 0.3) is 0 Å². The molecule has 0 radical (unpaired) electrons. The maximum Gasteiger partial charge on any atom is 0.223 e. The molecule has 1 aromatic heterocycles. The van der Waals surface area contributed by atoms with E-state index in [2.05, 4.69) is 41.9 Å². The van der Waals surface area contributed by atoms with Crippen molar-refractivity contribution in [1.82, 2.24) is 10.2 Å². The SMILES string of the molecule is Cc1cccc(C2c3ccsc3CCN2C(=O)CCC(=O)NCc2ccccc2Cl)c1. The molecule has 0 bridgehead atoms. The number of halogens is 1. The molecular formula is C25H25ClN2O2S. The van der Waals surface area contributed by atoms with Crippen molar-refractivity contribution in [2.24, 2.45) is 0 Å². The molecule has 1 atom stereocenters. The summed E-state index contributed by atoms with van der Waals surface area (Å²) in [4.78, 5) is 28.8. The van der Waals surface area contributed by atoms with Crippen LogP contribution in [-0.2, 0) is 22.6 Å². The van der Waals surface area contributed by atoms with Crippen molar-refractivity contribution in [2.45, 2.75) is 38.8 Å². The highest BCUT2D eigenvalue weighted by molar-refractivity contribution is 7.10. The second kappa shape index (κ2) is 9.67. The number of thiophene rings is 1. The molecule has 2 aromatic carbocycles. The number of nitrogens with one attached hydrogen (secondary N) is 1. The van der Waals surface area contributed by atoms with Crippen molar-refractivity contribution in [2.75, 3.05) is 6.54 Å². The molecule has 1 aliphatic rings. The van der Waals surface area contributed by atoms with Gasteiger partial charge >= 0.3 is 0 Å². The third-order valence-electron chi connectivity index (χ3n) is 5.64. The predicted molar refractivity (Wildman–Crippen MR) is 125 cm³/mol. The molecule has 1 unspecified atom stereocenters. The molecule has 1 aliphatic heterocycles. The van der Waals surface area contributed by atoms with Gasteiger partial charge in [-0.05, 0) is 47.5 Å². The molecule has 2 heterocycles. The van der Waals surface area contributed by atoms with Crippen molar-refractivity contribution in [1.29, 1.82) is 0 Å². The average Bonchev–Trinajstić information content (AvgIpc) is 3.25. The van der Waals surface area contributed by atoms with Gasteiger partial charge in [-0.25, -0.2) is 0 Å². The number of carbonyl (C=O) groups is 2. The Morgan fingerprint density at radius 3 is 2.77 bits per heavy atom. The van der Waals surface area contributed by atoms with Gasteiger partial charge in [0.05, 0.1) is 6.04 Å². The van der Waals surface area contributed by atoms with Gasteiger partial charge in [0.2, 0.25) is 11.8 Å². The molecule has 0 fully saturated rings. The summed E-state index contributed by atoms with van der Waals surface area (Å²) >= 11 is 7.90. The number of fused-ring (bicyclic) bond motifs is 1. The van der Waals surface area contributed by atoms with Crippen LogP contribution < -0.4 is 5.32 Å². The Kier molecular flexibility index (Phi) is 6.73. The summed E-state index contributed by atoms with van der Waals surface area (Å²) in [6.45, 7) is 3.10. The zero-order chi connectivity index (χ0) is 21.8. The van der Waals surface area contributed by atoms with E-state index in [-0.39, 0.29) is 30.7 Å². The Balaban J connectivity index is 1.42. The van der Waals surface area contributed by atoms with Crippen LogP contribution in [0.2, 0.25) is 5.02 Å². The molecule has 4 rings (SSSR count). The summed E-state index contributed by atoms with van der Waals surface area (Å²) in [6, 6.07) is 17.8. The smallest absolute Gasteiger partial charge is 0.223 e. The van der Waals surface area contributed by atoms with Gasteiger partial charge in [-0.3, -0.25) is 9.59 Å². The van der Waals surface area contributed by atoms with E-state index in [4.69, 9.17) is 11.6 Å². The summed E-state index contributed by atoms with van der Waals surface area (Å²) in [7, 11) is 0. The van der Waals surface area contributed by atoms with Crippen molar-refractivity contribution in [3.8, 4) is 0 Å². The highest BCUT2D eigenvalue weighted by atomic mass is 35.5. The Morgan fingerprint density at radius 1 is 1.13 bits per heavy atom. The van der Waals surface area contributed by atoms with E-state index in [1.165, 1.54) is 16.0 Å². The van der Waals surface area contributed by atoms with Crippen LogP contribution >= 0.6 is 22.9 Å². The molecule has 6 heteroatoms. The van der Waals surface area contributed by atoms with Gasteiger partial charge in [0.1, 0.15) is 0 Å². The van der Waals surface area contributed by atoms with Crippen molar-refractivity contribution in [3.05, 3.63) is 92.1 Å². The average molecular weight is 453 g/mol. The van der Waals surface area contributed by atoms with Crippen LogP contribution in [0, 0.1) is 6.92 Å². The van der Waals surface area contributed by atoms with Crippen LogP contribution in [0.3, 0.4) is 0 Å². The van der Waals surface area contributed by atoms with Gasteiger partial charge in [-0.1, -0.05) is 59.6 Å². The number of benzene rings is 2. The van der Waals surface area contributed by atoms with Crippen LogP contribution in [0.5, 0.6) is 0 Å². The van der Waals surface area contributed by atoms with Gasteiger partial charge in [0.25, 0.3) is 0 Å². The number of hydrogen-bond donors (Lipinski definition) is 1. The fourth-order valence-electron chi connectivity index (χ4n) is 4.07. The third-order valence-corrected chi connectivity index (χ3v) is 7.01. The molecule has 0 aliphatic carbocycles. The van der Waals surface area contributed by atoms with Gasteiger partial charge in [0.15, 0.2) is 0 Å². The van der Waals surface area contributed by atoms with E-state index in [1.807, 2.05) is 29.2 Å². The lowest BCUT2D eigenvalue weighted by atomic mass is 9.92. The number of nitrogens with zero attached hydrogens (tertiary/aromatic N) is 1. The Hall–Kier alpha value is -2.63. The van der Waals surface area contributed by atoms with Gasteiger partial charge in [0, 0.05) is 35.8 Å². The molecule has 1 N–H and O–H groups in total. The van der Waals surface area contributed by atoms with Crippen LogP contribution in [0.4, 0.5) is 0 Å². The molecule has 0 spiro atoms. The van der Waals surface area contributed by atoms with Gasteiger partial charge in [-0.15, -0.1) is 11.3 Å². The van der Waals surface area contributed by atoms with Gasteiger partial charge < -0.3 is 10.2 Å². The summed E-state index contributed by atoms with van der Waals surface area (Å²) in [5.41, 5.74) is 4.37. The largest absolute Gasteiger partial charge is 0.352 e. The lowest BCUT2D eigenvalue weighted by Gasteiger charge is -2.36. The van der Waals surface area contributed by atoms with E-state index >= 15 is 0 Å². The first kappa shape index (κ1) is 21.6. The third kappa shape index (κ3) is 5.00. The fraction of sp³-hybridized carbons (Fsp3) is 0.280. The summed E-state index contributed by atoms with van der Waals surface area (Å²) in [5.74, 6) is -0.134. The first-order chi connectivity index (χ1) is 15.0. The fourth-order valence-corrected chi connectivity index (χ4v) is 5.18. The Bertz CT molecular complexity index is 1090. The van der Waals surface area contributed by atoms with E-state index in [9.17, 15) is 9.59 Å². The number of aryl methyl sites for hydroxylation is 1. The van der Waals surface area contributed by atoms with Crippen LogP contribution in [0.1, 0.15) is 46.0 Å². The Morgan fingerprint density at radius 2 is 1.97 bits per heavy atom. The second-order valence-electron chi connectivity index (χ2n) is 7.82. The molecule has 4 nitrogen and oxygen atoms in total. The molecule has 160 valence electrons. The summed E-state index contributed by atoms with van der Waals surface area (Å²) < 4.78 is 0. The number of rotatable bonds is 6. The first-order valence-electron chi connectivity index (χ1n) is 10.5. The van der Waals surface area contributed by atoms with E-state index in [0.717, 1.165) is 17.5 Å². The minimum Gasteiger partial charge on any atom is -0.352 e. The first-order valence-corrected chi connectivity index (χ1v) is 11.7. The quantitative estimate of drug-likeness (QED) is 0.553. The molecule has 0 saturated carbocycles. The van der Waals surface area contributed by atoms with Crippen LogP contribution in [0.15, 0.2) is 60.0 Å². The van der Waals surface area contributed by atoms with E-state index in [1.54, 1.807) is 17.4 Å². The Labute approximate surface area is 191 Å². The molecular weight excluding hydrogens is 428 g/mol. The number of carbonyl (C=O) groups excluding carboxylic acids is 2. The van der Waals surface area contributed by atoms with Crippen LogP contribution in [-0.4, -0.2) is 23.3 Å². The second-order valence-corrected chi connectivity index (χ2v) is 9.23. The highest BCUT2D eigenvalue weighted by Crippen LogP contribution is 2.38. The van der Waals surface area contributed by atoms with Crippen molar-refractivity contribution < 1.29 is 9.59 Å². The minimum atomic E-state index is -0.145. The standard InChI is InChI=1S/C25H25ClN2O2S/c1-17-5-4-7-18(15-17)25-20-12-14-31-22(20)11-13-28(25)24(30)10-9-23(29)27-16-19-6-2-3-8-21(19)26/h2-8,12,14-15,25H,9-11,13,16H2,1H3,(H,27,29). The van der Waals surface area contributed by atoms with E-state index < -0.39 is 0 Å². The zero-order valence-electron chi connectivity index (χ0n) is 17.4. The number of amides is 2. The normalized spacial score (nSPS) is 15.4. The maximum atomic E-state index is 13.2. The monoisotopic (exact) mass is 452 g/mol. The van der Waals surface area contributed by atoms with Gasteiger partial charge in [-0.2, -0.15) is 0 Å². The molecule has 3 aromatic rings. The summed E-state index contributed by atoms with van der Waals surface area (Å²) in [6.07, 6.45) is 1.21. The molecule has 2 amide bonds. The van der Waals surface area contributed by atoms with E-state index in [0.29, 0.717) is 18.1 Å².